The van der Waals surface area contributed by atoms with E-state index in [1.165, 1.54) is 0 Å². The largest absolute Gasteiger partial charge is 4.00 e. The fraction of sp³-hybridized carbons (Fsp3) is 0.111. The maximum atomic E-state index is 12.6. The Morgan fingerprint density at radius 3 is 1.15 bits per heavy atom. The van der Waals surface area contributed by atoms with E-state index in [4.69, 9.17) is 0 Å². The molecular weight excluding hydrogens is 410 g/mol. The summed E-state index contributed by atoms with van der Waals surface area (Å²) < 4.78 is 74.9. The number of carbonyl (C=O) groups is 2. The molecule has 0 saturated heterocycles. The normalized spacial score (nSPS) is 8.89. The maximum Gasteiger partial charge on any atom is 4.00 e. The molecule has 0 N–H and O–H groups in total. The summed E-state index contributed by atoms with van der Waals surface area (Å²) in [6.07, 6.45) is 0. The van der Waals surface area contributed by atoms with Gasteiger partial charge in [-0.05, 0) is 25.0 Å². The van der Waals surface area contributed by atoms with Gasteiger partial charge in [0.25, 0.3) is 0 Å². The number of hydrogen-bond donors (Lipinski definition) is 0. The van der Waals surface area contributed by atoms with Crippen LogP contribution in [0.5, 0.6) is 0 Å². The van der Waals surface area contributed by atoms with Crippen molar-refractivity contribution in [1.82, 2.24) is 0 Å². The van der Waals surface area contributed by atoms with Gasteiger partial charge in [-0.15, -0.1) is 12.1 Å². The molecule has 144 valence electrons. The number of halogens is 6. The Bertz CT molecular complexity index is 695. The van der Waals surface area contributed by atoms with Crippen LogP contribution in [-0.2, 0) is 21.7 Å². The van der Waals surface area contributed by atoms with E-state index in [0.717, 1.165) is 13.8 Å². The summed E-state index contributed by atoms with van der Waals surface area (Å²) in [5.74, 6) is -8.88. The molecular formula is C18H14F6O2Ti. The number of rotatable bonds is 2. The molecule has 2 aromatic rings. The number of Topliss-reactive ketones (excluding diaryl/α,β-unsaturated/α-hetero) is 2. The first-order chi connectivity index (χ1) is 11.0. The van der Waals surface area contributed by atoms with Gasteiger partial charge in [-0.2, -0.15) is 0 Å². The van der Waals surface area contributed by atoms with Crippen LogP contribution in [0.1, 0.15) is 34.6 Å². The van der Waals surface area contributed by atoms with E-state index < -0.39 is 57.6 Å². The first-order valence-electron chi connectivity index (χ1n) is 6.20. The van der Waals surface area contributed by atoms with Crippen molar-refractivity contribution >= 4 is 11.6 Å². The predicted octanol–water partition coefficient (Wildman–Crippen LogP) is 5.11. The van der Waals surface area contributed by atoms with E-state index in [0.29, 0.717) is 12.1 Å². The SMILES string of the molecule is CC(=O)c1c(F)[c-]c(F)cc1F.CC(=O)c1c(F)[c-]c(F)cc1F.[CH3-].[CH3-].[Ti+4]. The summed E-state index contributed by atoms with van der Waals surface area (Å²) in [7, 11) is 0. The summed E-state index contributed by atoms with van der Waals surface area (Å²) in [6.45, 7) is 1.99. The predicted molar refractivity (Wildman–Crippen MR) is 83.1 cm³/mol. The quantitative estimate of drug-likeness (QED) is 0.291. The van der Waals surface area contributed by atoms with Crippen molar-refractivity contribution < 1.29 is 57.6 Å². The van der Waals surface area contributed by atoms with E-state index in [9.17, 15) is 35.9 Å². The summed E-state index contributed by atoms with van der Waals surface area (Å²) in [4.78, 5) is 21.2. The van der Waals surface area contributed by atoms with Crippen LogP contribution in [0.3, 0.4) is 0 Å². The number of carbonyl (C=O) groups excluding carboxylic acids is 2. The summed E-state index contributed by atoms with van der Waals surface area (Å²) >= 11 is 0. The molecule has 27 heavy (non-hydrogen) atoms. The Labute approximate surface area is 168 Å². The zero-order valence-corrected chi connectivity index (χ0v) is 16.3. The van der Waals surface area contributed by atoms with E-state index in [1.807, 2.05) is 0 Å². The van der Waals surface area contributed by atoms with Crippen LogP contribution in [0.2, 0.25) is 0 Å². The molecule has 0 aliphatic rings. The fourth-order valence-electron chi connectivity index (χ4n) is 1.63. The van der Waals surface area contributed by atoms with Gasteiger partial charge in [-0.1, -0.05) is 12.1 Å². The van der Waals surface area contributed by atoms with Gasteiger partial charge in [0, 0.05) is 34.9 Å². The van der Waals surface area contributed by atoms with Gasteiger partial charge in [0.1, 0.15) is 11.6 Å². The Morgan fingerprint density at radius 2 is 0.963 bits per heavy atom. The fourth-order valence-corrected chi connectivity index (χ4v) is 1.63. The maximum absolute atomic E-state index is 12.6. The zero-order chi connectivity index (χ0) is 18.6. The standard InChI is InChI=1S/2C8H4F3O.2CH3.Ti/c2*1-4(12)8-6(10)2-5(9)3-7(8)11;;;/h2*2H,1H3;2*1H3;/q4*-1;+4. The molecule has 0 atom stereocenters. The molecule has 0 aromatic heterocycles. The molecule has 0 fully saturated rings. The topological polar surface area (TPSA) is 34.1 Å². The average Bonchev–Trinajstić information content (AvgIpc) is 2.35. The van der Waals surface area contributed by atoms with Crippen LogP contribution < -0.4 is 0 Å². The second-order valence-electron chi connectivity index (χ2n) is 4.42. The summed E-state index contributed by atoms with van der Waals surface area (Å²) in [5.41, 5.74) is -1.51. The smallest absolute Gasteiger partial charge is 0.358 e. The number of hydrogen-bond acceptors (Lipinski definition) is 2. The van der Waals surface area contributed by atoms with Gasteiger partial charge in [0.2, 0.25) is 0 Å². The molecule has 9 heteroatoms. The molecule has 0 spiro atoms. The van der Waals surface area contributed by atoms with Gasteiger partial charge in [0.05, 0.1) is 0 Å². The molecule has 0 aliphatic carbocycles. The van der Waals surface area contributed by atoms with Crippen molar-refractivity contribution in [1.29, 1.82) is 0 Å². The minimum absolute atomic E-state index is 0. The molecule has 2 rings (SSSR count). The van der Waals surface area contributed by atoms with Crippen LogP contribution in [-0.4, -0.2) is 11.6 Å². The van der Waals surface area contributed by atoms with E-state index in [1.54, 1.807) is 12.1 Å². The van der Waals surface area contributed by atoms with Crippen LogP contribution in [0.25, 0.3) is 0 Å². The Morgan fingerprint density at radius 1 is 0.704 bits per heavy atom. The molecule has 0 saturated carbocycles. The Balaban J connectivity index is -0.000000384. The van der Waals surface area contributed by atoms with Crippen LogP contribution in [0.4, 0.5) is 26.3 Å². The van der Waals surface area contributed by atoms with Gasteiger partial charge in [-0.3, -0.25) is 0 Å². The van der Waals surface area contributed by atoms with E-state index >= 15 is 0 Å². The van der Waals surface area contributed by atoms with Crippen molar-refractivity contribution in [2.45, 2.75) is 13.8 Å². The third-order valence-corrected chi connectivity index (χ3v) is 2.59. The Hall–Kier alpha value is -1.93. The van der Waals surface area contributed by atoms with Crippen molar-refractivity contribution in [3.8, 4) is 0 Å². The van der Waals surface area contributed by atoms with Crippen molar-refractivity contribution in [3.63, 3.8) is 0 Å². The van der Waals surface area contributed by atoms with Gasteiger partial charge in [-0.25, -0.2) is 26.3 Å². The third-order valence-electron chi connectivity index (χ3n) is 2.59. The summed E-state index contributed by atoms with van der Waals surface area (Å²) in [6, 6.07) is 3.97. The Kier molecular flexibility index (Phi) is 13.8. The number of ketones is 2. The number of benzene rings is 2. The molecule has 0 heterocycles. The molecule has 0 aliphatic heterocycles. The molecule has 0 unspecified atom stereocenters. The molecule has 0 bridgehead atoms. The van der Waals surface area contributed by atoms with Crippen LogP contribution >= 0.6 is 0 Å². The zero-order valence-electron chi connectivity index (χ0n) is 14.7. The van der Waals surface area contributed by atoms with Gasteiger partial charge < -0.3 is 24.4 Å². The molecule has 0 radical (unpaired) electrons. The second-order valence-corrected chi connectivity index (χ2v) is 4.42. The van der Waals surface area contributed by atoms with Crippen LogP contribution in [0, 0.1) is 61.9 Å². The third kappa shape index (κ3) is 8.09. The minimum atomic E-state index is -1.29. The van der Waals surface area contributed by atoms with Crippen molar-refractivity contribution in [2.24, 2.45) is 0 Å². The van der Waals surface area contributed by atoms with Crippen molar-refractivity contribution in [2.75, 3.05) is 0 Å². The molecule has 2 nitrogen and oxygen atoms in total. The van der Waals surface area contributed by atoms with Crippen molar-refractivity contribution in [3.05, 3.63) is 85.1 Å². The first-order valence-corrected chi connectivity index (χ1v) is 6.20. The van der Waals surface area contributed by atoms with Gasteiger partial charge in [0.15, 0.2) is 0 Å². The van der Waals surface area contributed by atoms with Gasteiger partial charge >= 0.3 is 21.7 Å². The minimum Gasteiger partial charge on any atom is -0.358 e. The average molecular weight is 424 g/mol. The first kappa shape index (κ1) is 29.8. The van der Waals surface area contributed by atoms with E-state index in [-0.39, 0.29) is 36.6 Å². The second kappa shape index (κ2) is 12.5. The molecule has 0 amide bonds. The van der Waals surface area contributed by atoms with E-state index in [2.05, 4.69) is 0 Å². The van der Waals surface area contributed by atoms with Crippen LogP contribution in [0.15, 0.2) is 12.1 Å². The summed E-state index contributed by atoms with van der Waals surface area (Å²) in [5, 5.41) is 0. The monoisotopic (exact) mass is 424 g/mol. The molecule has 2 aromatic carbocycles.